The summed E-state index contributed by atoms with van der Waals surface area (Å²) in [6, 6.07) is 15.2. The summed E-state index contributed by atoms with van der Waals surface area (Å²) < 4.78 is 25.4. The first kappa shape index (κ1) is 34.6. The van der Waals surface area contributed by atoms with Gasteiger partial charge in [0, 0.05) is 21.2 Å². The Morgan fingerprint density at radius 3 is 2.47 bits per heavy atom. The van der Waals surface area contributed by atoms with Gasteiger partial charge in [-0.25, -0.2) is 9.79 Å². The normalized spacial score (nSPS) is 14.6. The number of para-hydroxylation sites is 1. The number of allylic oxidation sites excluding steroid dienone is 1. The second-order valence-electron chi connectivity index (χ2n) is 10.8. The van der Waals surface area contributed by atoms with Crippen LogP contribution < -0.4 is 29.1 Å². The van der Waals surface area contributed by atoms with Crippen molar-refractivity contribution < 1.29 is 23.7 Å². The van der Waals surface area contributed by atoms with Crippen LogP contribution >= 0.6 is 46.1 Å². The predicted molar refractivity (Wildman–Crippen MR) is 186 cm³/mol. The lowest BCUT2D eigenvalue weighted by Gasteiger charge is -2.26. The molecule has 47 heavy (non-hydrogen) atoms. The molecule has 1 aromatic heterocycles. The van der Waals surface area contributed by atoms with Gasteiger partial charge in [-0.05, 0) is 76.6 Å². The van der Waals surface area contributed by atoms with Gasteiger partial charge in [0.25, 0.3) is 5.56 Å². The van der Waals surface area contributed by atoms with Gasteiger partial charge in [-0.2, -0.15) is 0 Å². The summed E-state index contributed by atoms with van der Waals surface area (Å²) in [6.45, 7) is 9.83. The van der Waals surface area contributed by atoms with Crippen LogP contribution in [-0.2, 0) is 16.1 Å². The van der Waals surface area contributed by atoms with Crippen LogP contribution in [-0.4, -0.2) is 29.9 Å². The van der Waals surface area contributed by atoms with Crippen LogP contribution in [0.4, 0.5) is 0 Å². The van der Waals surface area contributed by atoms with E-state index in [-0.39, 0.29) is 35.5 Å². The predicted octanol–water partition coefficient (Wildman–Crippen LogP) is 7.52. The van der Waals surface area contributed by atoms with E-state index in [1.807, 2.05) is 45.0 Å². The molecule has 0 unspecified atom stereocenters. The number of carbonyl (C=O) groups is 1. The Hall–Kier alpha value is -3.76. The molecule has 2 heterocycles. The Bertz CT molecular complexity index is 2040. The molecular weight excluding hydrogens is 683 g/mol. The van der Waals surface area contributed by atoms with Crippen LogP contribution in [0.5, 0.6) is 17.2 Å². The summed E-state index contributed by atoms with van der Waals surface area (Å²) in [5.41, 5.74) is 2.39. The van der Waals surface area contributed by atoms with E-state index < -0.39 is 12.0 Å². The highest BCUT2D eigenvalue weighted by Crippen LogP contribution is 2.39. The third-order valence-electron chi connectivity index (χ3n) is 7.11. The zero-order valence-corrected chi connectivity index (χ0v) is 29.5. The van der Waals surface area contributed by atoms with Crippen LogP contribution in [0.3, 0.4) is 0 Å². The molecule has 0 fully saturated rings. The first-order chi connectivity index (χ1) is 22.5. The average molecular weight is 716 g/mol. The summed E-state index contributed by atoms with van der Waals surface area (Å²) in [5.74, 6) is 0.759. The lowest BCUT2D eigenvalue weighted by molar-refractivity contribution is -0.139. The van der Waals surface area contributed by atoms with Gasteiger partial charge in [0.1, 0.15) is 18.4 Å². The van der Waals surface area contributed by atoms with Gasteiger partial charge in [0.2, 0.25) is 0 Å². The van der Waals surface area contributed by atoms with Crippen LogP contribution in [0.2, 0.25) is 15.1 Å². The standard InChI is InChI=1S/C35H33Cl3N2O6S/c1-6-43-28-15-21(14-26(38)32(28)45-18-22-12-13-23(36)17-25(22)37)16-29-33(41)40-31(24-10-8-9-11-27(24)46-19(3)4)30(34(42)44-7-2)20(5)39-35(40)47-29/h8-17,19,31H,6-7,18H2,1-5H3/b29-16+/t31-/m0/s1. The molecule has 4 aromatic rings. The van der Waals surface area contributed by atoms with Gasteiger partial charge in [-0.3, -0.25) is 9.36 Å². The molecule has 246 valence electrons. The fourth-order valence-electron chi connectivity index (χ4n) is 5.17. The van der Waals surface area contributed by atoms with Crippen molar-refractivity contribution in [1.82, 2.24) is 4.57 Å². The highest BCUT2D eigenvalue weighted by Gasteiger charge is 2.35. The third kappa shape index (κ3) is 7.54. The van der Waals surface area contributed by atoms with E-state index in [4.69, 9.17) is 53.8 Å². The minimum Gasteiger partial charge on any atom is -0.491 e. The Labute approximate surface area is 291 Å². The Balaban J connectivity index is 1.61. The molecule has 3 aromatic carbocycles. The molecule has 1 aliphatic rings. The molecule has 0 aliphatic carbocycles. The molecular formula is C35H33Cl3N2O6S. The number of rotatable bonds is 11. The smallest absolute Gasteiger partial charge is 0.338 e. The van der Waals surface area contributed by atoms with E-state index in [1.165, 1.54) is 15.9 Å². The van der Waals surface area contributed by atoms with Crippen molar-refractivity contribution in [2.45, 2.75) is 53.4 Å². The number of thiazole rings is 1. The second-order valence-corrected chi connectivity index (χ2v) is 13.1. The minimum atomic E-state index is -0.819. The van der Waals surface area contributed by atoms with E-state index in [2.05, 4.69) is 4.99 Å². The summed E-state index contributed by atoms with van der Waals surface area (Å²) in [4.78, 5) is 32.6. The molecule has 0 bridgehead atoms. The molecule has 0 N–H and O–H groups in total. The number of aromatic nitrogens is 1. The fourth-order valence-corrected chi connectivity index (χ4v) is 6.95. The molecule has 5 rings (SSSR count). The summed E-state index contributed by atoms with van der Waals surface area (Å²) >= 11 is 20.3. The van der Waals surface area contributed by atoms with E-state index in [9.17, 15) is 9.59 Å². The monoisotopic (exact) mass is 714 g/mol. The maximum Gasteiger partial charge on any atom is 0.338 e. The SMILES string of the molecule is CCOC(=O)C1=C(C)N=c2s/c(=C/c3cc(Cl)c(OCc4ccc(Cl)cc4Cl)c(OCC)c3)c(=O)n2[C@H]1c1ccccc1OC(C)C. The number of fused-ring (bicyclic) bond motifs is 1. The Morgan fingerprint density at radius 2 is 1.77 bits per heavy atom. The largest absolute Gasteiger partial charge is 0.491 e. The second kappa shape index (κ2) is 15.0. The van der Waals surface area contributed by atoms with Crippen LogP contribution in [0, 0.1) is 0 Å². The van der Waals surface area contributed by atoms with Crippen LogP contribution in [0.25, 0.3) is 6.08 Å². The summed E-state index contributed by atoms with van der Waals surface area (Å²) in [6.07, 6.45) is 1.58. The zero-order chi connectivity index (χ0) is 33.8. The molecule has 0 saturated heterocycles. The van der Waals surface area contributed by atoms with Gasteiger partial charge in [-0.1, -0.05) is 70.4 Å². The third-order valence-corrected chi connectivity index (χ3v) is 8.96. The topological polar surface area (TPSA) is 88.4 Å². The molecule has 12 heteroatoms. The Kier molecular flexibility index (Phi) is 11.0. The molecule has 1 aliphatic heterocycles. The van der Waals surface area contributed by atoms with Crippen LogP contribution in [0.15, 0.2) is 75.7 Å². The fraction of sp³-hybridized carbons (Fsp3) is 0.286. The van der Waals surface area contributed by atoms with Crippen molar-refractivity contribution in [1.29, 1.82) is 0 Å². The van der Waals surface area contributed by atoms with E-state index in [0.29, 0.717) is 60.1 Å². The first-order valence-corrected chi connectivity index (χ1v) is 17.0. The maximum absolute atomic E-state index is 14.2. The average Bonchev–Trinajstić information content (AvgIpc) is 3.31. The maximum atomic E-state index is 14.2. The van der Waals surface area contributed by atoms with E-state index >= 15 is 0 Å². The van der Waals surface area contributed by atoms with Crippen molar-refractivity contribution in [3.8, 4) is 17.2 Å². The van der Waals surface area contributed by atoms with Crippen molar-refractivity contribution in [2.75, 3.05) is 13.2 Å². The van der Waals surface area contributed by atoms with Gasteiger partial charge < -0.3 is 18.9 Å². The van der Waals surface area contributed by atoms with Gasteiger partial charge in [0.05, 0.1) is 40.1 Å². The van der Waals surface area contributed by atoms with Gasteiger partial charge in [-0.15, -0.1) is 0 Å². The number of ether oxygens (including phenoxy) is 4. The zero-order valence-electron chi connectivity index (χ0n) is 26.4. The van der Waals surface area contributed by atoms with Crippen molar-refractivity contribution in [3.05, 3.63) is 117 Å². The highest BCUT2D eigenvalue weighted by atomic mass is 35.5. The summed E-state index contributed by atoms with van der Waals surface area (Å²) in [5, 5.41) is 1.28. The number of hydrogen-bond acceptors (Lipinski definition) is 8. The lowest BCUT2D eigenvalue weighted by atomic mass is 9.95. The highest BCUT2D eigenvalue weighted by molar-refractivity contribution is 7.07. The molecule has 0 amide bonds. The van der Waals surface area contributed by atoms with E-state index in [0.717, 1.165) is 5.56 Å². The lowest BCUT2D eigenvalue weighted by Crippen LogP contribution is -2.40. The number of benzene rings is 3. The van der Waals surface area contributed by atoms with Crippen molar-refractivity contribution in [2.24, 2.45) is 4.99 Å². The van der Waals surface area contributed by atoms with Crippen LogP contribution in [0.1, 0.15) is 57.4 Å². The molecule has 8 nitrogen and oxygen atoms in total. The van der Waals surface area contributed by atoms with Gasteiger partial charge in [0.15, 0.2) is 16.3 Å². The Morgan fingerprint density at radius 1 is 1.00 bits per heavy atom. The number of halogens is 3. The van der Waals surface area contributed by atoms with Crippen molar-refractivity contribution in [3.63, 3.8) is 0 Å². The minimum absolute atomic E-state index is 0.137. The van der Waals surface area contributed by atoms with E-state index in [1.54, 1.807) is 50.3 Å². The summed E-state index contributed by atoms with van der Waals surface area (Å²) in [7, 11) is 0. The number of nitrogens with zero attached hydrogens (tertiary/aromatic N) is 2. The molecule has 0 saturated carbocycles. The molecule has 0 spiro atoms. The van der Waals surface area contributed by atoms with Crippen molar-refractivity contribution >= 4 is 58.2 Å². The molecule has 1 atom stereocenters. The number of esters is 1. The number of carbonyl (C=O) groups excluding carboxylic acids is 1. The van der Waals surface area contributed by atoms with Gasteiger partial charge >= 0.3 is 5.97 Å². The molecule has 0 radical (unpaired) electrons. The number of hydrogen-bond donors (Lipinski definition) is 0. The quantitative estimate of drug-likeness (QED) is 0.149. The first-order valence-electron chi connectivity index (χ1n) is 15.0.